The molecule has 0 atom stereocenters. The minimum atomic E-state index is 0.0184. The second-order valence-electron chi connectivity index (χ2n) is 7.58. The normalized spacial score (nSPS) is 13.5. The van der Waals surface area contributed by atoms with Crippen molar-refractivity contribution in [1.82, 2.24) is 14.9 Å². The lowest BCUT2D eigenvalue weighted by Gasteiger charge is -2.17. The van der Waals surface area contributed by atoms with Gasteiger partial charge in [-0.1, -0.05) is 24.8 Å². The summed E-state index contributed by atoms with van der Waals surface area (Å²) in [5.41, 5.74) is 3.01. The molecule has 0 radical (unpaired) electrons. The Labute approximate surface area is 175 Å². The van der Waals surface area contributed by atoms with Crippen LogP contribution in [0.15, 0.2) is 36.9 Å². The summed E-state index contributed by atoms with van der Waals surface area (Å²) >= 11 is 1.48. The number of fused-ring (bicyclic) bond motifs is 1. The van der Waals surface area contributed by atoms with Crippen LogP contribution in [-0.4, -0.2) is 34.4 Å². The van der Waals surface area contributed by atoms with E-state index in [9.17, 15) is 4.79 Å². The van der Waals surface area contributed by atoms with Crippen LogP contribution in [0, 0.1) is 13.8 Å². The summed E-state index contributed by atoms with van der Waals surface area (Å²) in [6, 6.07) is 7.80. The monoisotopic (exact) mass is 407 g/mol. The third-order valence-corrected chi connectivity index (χ3v) is 6.36. The van der Waals surface area contributed by atoms with Crippen LogP contribution in [0.25, 0.3) is 10.2 Å². The quantitative estimate of drug-likeness (QED) is 0.516. The number of nitrogens with zero attached hydrogens (tertiary/aromatic N) is 3. The molecule has 1 aliphatic rings. The summed E-state index contributed by atoms with van der Waals surface area (Å²) in [5, 5.41) is 1.03. The van der Waals surface area contributed by atoms with E-state index in [-0.39, 0.29) is 5.91 Å². The molecule has 5 nitrogen and oxygen atoms in total. The lowest BCUT2D eigenvalue weighted by molar-refractivity contribution is 0.0789. The third kappa shape index (κ3) is 4.03. The summed E-state index contributed by atoms with van der Waals surface area (Å²) in [5.74, 6) is 2.25. The van der Waals surface area contributed by atoms with Gasteiger partial charge in [0, 0.05) is 24.9 Å². The fourth-order valence-corrected chi connectivity index (χ4v) is 4.69. The average Bonchev–Trinajstić information content (AvgIpc) is 3.50. The first-order valence-electron chi connectivity index (χ1n) is 9.83. The number of amides is 1. The summed E-state index contributed by atoms with van der Waals surface area (Å²) in [7, 11) is 1.84. The number of benzene rings is 1. The summed E-state index contributed by atoms with van der Waals surface area (Å²) in [4.78, 5) is 26.0. The van der Waals surface area contributed by atoms with Crippen molar-refractivity contribution < 1.29 is 9.53 Å². The molecule has 1 aliphatic carbocycles. The smallest absolute Gasteiger partial charge is 0.264 e. The fourth-order valence-electron chi connectivity index (χ4n) is 3.45. The van der Waals surface area contributed by atoms with Crippen molar-refractivity contribution in [3.63, 3.8) is 0 Å². The van der Waals surface area contributed by atoms with Crippen molar-refractivity contribution in [2.45, 2.75) is 39.2 Å². The van der Waals surface area contributed by atoms with Crippen LogP contribution >= 0.6 is 11.3 Å². The minimum absolute atomic E-state index is 0.0184. The van der Waals surface area contributed by atoms with Crippen LogP contribution in [0.4, 0.5) is 0 Å². The van der Waals surface area contributed by atoms with Gasteiger partial charge in [-0.3, -0.25) is 4.79 Å². The molecular formula is C23H25N3O2S. The molecule has 0 N–H and O–H groups in total. The highest BCUT2D eigenvalue weighted by atomic mass is 32.1. The maximum atomic E-state index is 13.1. The molecule has 1 saturated carbocycles. The first kappa shape index (κ1) is 19.6. The molecule has 0 aliphatic heterocycles. The Morgan fingerprint density at radius 3 is 2.66 bits per heavy atom. The summed E-state index contributed by atoms with van der Waals surface area (Å²) in [6.45, 7) is 8.68. The highest BCUT2D eigenvalue weighted by Gasteiger charge is 2.29. The number of thiophene rings is 1. The Balaban J connectivity index is 1.53. The van der Waals surface area contributed by atoms with E-state index in [0.29, 0.717) is 19.1 Å². The number of rotatable bonds is 7. The van der Waals surface area contributed by atoms with Gasteiger partial charge in [-0.2, -0.15) is 0 Å². The van der Waals surface area contributed by atoms with Crippen LogP contribution in [-0.2, 0) is 6.54 Å². The van der Waals surface area contributed by atoms with Gasteiger partial charge in [0.15, 0.2) is 0 Å². The molecule has 0 bridgehead atoms. The van der Waals surface area contributed by atoms with Crippen LogP contribution in [0.1, 0.15) is 51.1 Å². The van der Waals surface area contributed by atoms with Crippen molar-refractivity contribution in [3.05, 3.63) is 64.4 Å². The second-order valence-corrected chi connectivity index (χ2v) is 8.58. The predicted molar refractivity (Wildman–Crippen MR) is 117 cm³/mol. The van der Waals surface area contributed by atoms with Crippen molar-refractivity contribution in [2.75, 3.05) is 13.7 Å². The highest BCUT2D eigenvalue weighted by molar-refractivity contribution is 7.20. The molecule has 6 heteroatoms. The van der Waals surface area contributed by atoms with Crippen molar-refractivity contribution in [3.8, 4) is 5.75 Å². The van der Waals surface area contributed by atoms with Gasteiger partial charge in [-0.05, 0) is 49.9 Å². The molecule has 3 aromatic rings. The van der Waals surface area contributed by atoms with Crippen molar-refractivity contribution >= 4 is 27.5 Å². The molecule has 1 amide bonds. The van der Waals surface area contributed by atoms with E-state index in [0.717, 1.165) is 43.5 Å². The number of hydrogen-bond donors (Lipinski definition) is 0. The summed E-state index contributed by atoms with van der Waals surface area (Å²) < 4.78 is 5.51. The zero-order valence-electron chi connectivity index (χ0n) is 17.1. The Hall–Kier alpha value is -2.73. The van der Waals surface area contributed by atoms with E-state index in [2.05, 4.69) is 6.58 Å². The molecule has 1 fully saturated rings. The number of ether oxygens (including phenoxy) is 1. The van der Waals surface area contributed by atoms with E-state index in [1.807, 2.05) is 45.2 Å². The second kappa shape index (κ2) is 7.95. The van der Waals surface area contributed by atoms with Gasteiger partial charge in [0.25, 0.3) is 5.91 Å². The zero-order chi connectivity index (χ0) is 20.5. The van der Waals surface area contributed by atoms with Crippen LogP contribution < -0.4 is 4.74 Å². The van der Waals surface area contributed by atoms with Crippen molar-refractivity contribution in [1.29, 1.82) is 0 Å². The standard InChI is InChI=1S/C23H25N3O2S/c1-5-12-28-18-10-6-16(7-11-18)13-26(4)23(27)20-14(2)19-15(3)24-21(17-8-9-17)25-22(19)29-20/h5-7,10-11,17H,1,8-9,12-13H2,2-4H3. The third-order valence-electron chi connectivity index (χ3n) is 5.18. The largest absolute Gasteiger partial charge is 0.490 e. The van der Waals surface area contributed by atoms with Crippen molar-refractivity contribution in [2.24, 2.45) is 0 Å². The Kier molecular flexibility index (Phi) is 5.37. The number of carbonyl (C=O) groups excluding carboxylic acids is 1. The Morgan fingerprint density at radius 1 is 1.28 bits per heavy atom. The molecule has 29 heavy (non-hydrogen) atoms. The first-order chi connectivity index (χ1) is 14.0. The van der Waals surface area contributed by atoms with Crippen LogP contribution in [0.2, 0.25) is 0 Å². The molecule has 0 saturated heterocycles. The van der Waals surface area contributed by atoms with E-state index in [1.165, 1.54) is 24.2 Å². The van der Waals surface area contributed by atoms with Crippen LogP contribution in [0.3, 0.4) is 0 Å². The molecule has 1 aromatic carbocycles. The topological polar surface area (TPSA) is 55.3 Å². The van der Waals surface area contributed by atoms with E-state index in [4.69, 9.17) is 14.7 Å². The number of carbonyl (C=O) groups is 1. The first-order valence-corrected chi connectivity index (χ1v) is 10.6. The Morgan fingerprint density at radius 2 is 2.00 bits per heavy atom. The zero-order valence-corrected chi connectivity index (χ0v) is 17.9. The van der Waals surface area contributed by atoms with E-state index >= 15 is 0 Å². The number of hydrogen-bond acceptors (Lipinski definition) is 5. The van der Waals surface area contributed by atoms with Gasteiger partial charge in [-0.25, -0.2) is 9.97 Å². The number of aryl methyl sites for hydroxylation is 2. The molecule has 150 valence electrons. The molecular weight excluding hydrogens is 382 g/mol. The SMILES string of the molecule is C=CCOc1ccc(CN(C)C(=O)c2sc3nc(C4CC4)nc(C)c3c2C)cc1. The molecule has 0 unspecified atom stereocenters. The lowest BCUT2D eigenvalue weighted by atomic mass is 10.1. The maximum Gasteiger partial charge on any atom is 0.264 e. The Bertz CT molecular complexity index is 1070. The molecule has 0 spiro atoms. The van der Waals surface area contributed by atoms with Gasteiger partial charge >= 0.3 is 0 Å². The molecule has 2 aromatic heterocycles. The van der Waals surface area contributed by atoms with E-state index < -0.39 is 0 Å². The highest BCUT2D eigenvalue weighted by Crippen LogP contribution is 2.40. The fraction of sp³-hybridized carbons (Fsp3) is 0.348. The van der Waals surface area contributed by atoms with Gasteiger partial charge in [0.1, 0.15) is 23.0 Å². The van der Waals surface area contributed by atoms with Gasteiger partial charge in [-0.15, -0.1) is 11.3 Å². The lowest BCUT2D eigenvalue weighted by Crippen LogP contribution is -2.25. The maximum absolute atomic E-state index is 13.1. The summed E-state index contributed by atoms with van der Waals surface area (Å²) in [6.07, 6.45) is 4.05. The van der Waals surface area contributed by atoms with Crippen LogP contribution in [0.5, 0.6) is 5.75 Å². The van der Waals surface area contributed by atoms with Gasteiger partial charge in [0.2, 0.25) is 0 Å². The predicted octanol–water partition coefficient (Wildman–Crippen LogP) is 5.02. The average molecular weight is 408 g/mol. The van der Waals surface area contributed by atoms with Gasteiger partial charge in [0.05, 0.1) is 10.6 Å². The number of aromatic nitrogens is 2. The van der Waals surface area contributed by atoms with Gasteiger partial charge < -0.3 is 9.64 Å². The minimum Gasteiger partial charge on any atom is -0.490 e. The molecule has 4 rings (SSSR count). The molecule has 2 heterocycles. The van der Waals surface area contributed by atoms with E-state index in [1.54, 1.807) is 11.0 Å².